The number of amides is 1. The number of likely N-dealkylation sites (N-methyl/N-ethyl adjacent to an activating group) is 1. The highest BCUT2D eigenvalue weighted by atomic mass is 16.3. The molecule has 1 amide bonds. The lowest BCUT2D eigenvalue weighted by molar-refractivity contribution is -0.153. The van der Waals surface area contributed by atoms with Gasteiger partial charge in [0.1, 0.15) is 22.8 Å². The molecule has 40 heavy (non-hydrogen) atoms. The minimum Gasteiger partial charge on any atom is -0.508 e. The number of aryl methyl sites for hydroxylation is 1. The summed E-state index contributed by atoms with van der Waals surface area (Å²) >= 11 is 0. The van der Waals surface area contributed by atoms with Crippen molar-refractivity contribution in [2.24, 2.45) is 23.0 Å². The number of aromatic hydroxyl groups is 1. The largest absolute Gasteiger partial charge is 0.508 e. The first-order chi connectivity index (χ1) is 18.6. The number of nitrogens with zero attached hydrogens (tertiary/aromatic N) is 1. The third-order valence-electron chi connectivity index (χ3n) is 8.80. The number of ketones is 2. The van der Waals surface area contributed by atoms with E-state index in [2.05, 4.69) is 20.8 Å². The SMILES string of the molecule is CN(C)[C@@H]1C(=O)C(C(N)=O)=C(O)[C@@]2(O)C(=O)C3=C(O)c4c(cc5c(CCC(C)(C)C)cccc5c4O)C[C@H]3C[C@@H]12. The summed E-state index contributed by atoms with van der Waals surface area (Å²) in [5, 5.41) is 46.9. The number of hydrogen-bond acceptors (Lipinski definition) is 8. The van der Waals surface area contributed by atoms with Crippen molar-refractivity contribution in [2.75, 3.05) is 14.1 Å². The Morgan fingerprint density at radius 2 is 1.80 bits per heavy atom. The monoisotopic (exact) mass is 548 g/mol. The minimum atomic E-state index is -2.64. The van der Waals surface area contributed by atoms with E-state index in [9.17, 15) is 34.8 Å². The van der Waals surface area contributed by atoms with Crippen LogP contribution in [0.5, 0.6) is 5.75 Å². The van der Waals surface area contributed by atoms with E-state index in [1.807, 2.05) is 18.2 Å². The maximum Gasteiger partial charge on any atom is 0.255 e. The van der Waals surface area contributed by atoms with E-state index >= 15 is 0 Å². The Hall–Kier alpha value is -3.69. The van der Waals surface area contributed by atoms with Gasteiger partial charge in [0, 0.05) is 16.9 Å². The number of benzene rings is 2. The maximum absolute atomic E-state index is 14.0. The molecule has 9 heteroatoms. The zero-order valence-corrected chi connectivity index (χ0v) is 23.4. The second-order valence-electron chi connectivity index (χ2n) is 12.8. The van der Waals surface area contributed by atoms with E-state index in [0.717, 1.165) is 23.8 Å². The summed E-state index contributed by atoms with van der Waals surface area (Å²) in [6.45, 7) is 6.50. The molecule has 0 saturated heterocycles. The zero-order chi connectivity index (χ0) is 29.5. The van der Waals surface area contributed by atoms with Crippen LogP contribution >= 0.6 is 0 Å². The highest BCUT2D eigenvalue weighted by molar-refractivity contribution is 6.24. The lowest BCUT2D eigenvalue weighted by Gasteiger charge is -2.50. The van der Waals surface area contributed by atoms with Gasteiger partial charge in [-0.05, 0) is 73.7 Å². The smallest absolute Gasteiger partial charge is 0.255 e. The Kier molecular flexibility index (Phi) is 6.39. The normalized spacial score (nSPS) is 26.7. The molecule has 6 N–H and O–H groups in total. The number of phenols is 1. The van der Waals surface area contributed by atoms with Gasteiger partial charge >= 0.3 is 0 Å². The lowest BCUT2D eigenvalue weighted by atomic mass is 9.57. The van der Waals surface area contributed by atoms with Crippen LogP contribution < -0.4 is 5.73 Å². The molecule has 1 saturated carbocycles. The summed E-state index contributed by atoms with van der Waals surface area (Å²) in [6.07, 6.45) is 2.06. The molecule has 0 heterocycles. The first-order valence-corrected chi connectivity index (χ1v) is 13.5. The molecule has 0 spiro atoms. The highest BCUT2D eigenvalue weighted by Gasteiger charge is 2.64. The first-order valence-electron chi connectivity index (χ1n) is 13.5. The van der Waals surface area contributed by atoms with Gasteiger partial charge < -0.3 is 26.2 Å². The van der Waals surface area contributed by atoms with Crippen molar-refractivity contribution < 1.29 is 34.8 Å². The standard InChI is InChI=1S/C31H36N2O7/c1-30(2,3)10-9-14-7-6-8-17-18(14)12-15-11-16-13-19-23(33(4)5)26(36)22(29(32)39)28(38)31(19,40)27(37)21(16)25(35)20(15)24(17)34/h6-8,12,16,19,23,34-35,38,40H,9-11,13H2,1-5H3,(H2,32,39)/t16-,19-,23-,31-/m0/s1. The number of fused-ring (bicyclic) bond motifs is 4. The summed E-state index contributed by atoms with van der Waals surface area (Å²) in [4.78, 5) is 40.8. The molecule has 2 aromatic rings. The average Bonchev–Trinajstić information content (AvgIpc) is 2.84. The van der Waals surface area contributed by atoms with Crippen LogP contribution in [-0.4, -0.2) is 68.5 Å². The molecular weight excluding hydrogens is 512 g/mol. The first kappa shape index (κ1) is 27.9. The van der Waals surface area contributed by atoms with Crippen LogP contribution in [0.3, 0.4) is 0 Å². The maximum atomic E-state index is 14.0. The molecule has 1 fully saturated rings. The van der Waals surface area contributed by atoms with Gasteiger partial charge in [0.2, 0.25) is 5.78 Å². The molecule has 212 valence electrons. The van der Waals surface area contributed by atoms with Gasteiger partial charge in [-0.1, -0.05) is 39.0 Å². The van der Waals surface area contributed by atoms with E-state index in [0.29, 0.717) is 10.9 Å². The third-order valence-corrected chi connectivity index (χ3v) is 8.80. The number of hydrogen-bond donors (Lipinski definition) is 5. The van der Waals surface area contributed by atoms with Crippen LogP contribution in [-0.2, 0) is 27.2 Å². The van der Waals surface area contributed by atoms with Crippen LogP contribution in [0, 0.1) is 17.3 Å². The topological polar surface area (TPSA) is 161 Å². The average molecular weight is 549 g/mol. The summed E-state index contributed by atoms with van der Waals surface area (Å²) in [5.74, 6) is -6.45. The van der Waals surface area contributed by atoms with Crippen molar-refractivity contribution >= 4 is 34.0 Å². The summed E-state index contributed by atoms with van der Waals surface area (Å²) in [7, 11) is 3.16. The molecule has 2 aromatic carbocycles. The number of rotatable bonds is 4. The Bertz CT molecular complexity index is 1540. The Morgan fingerprint density at radius 3 is 2.40 bits per heavy atom. The summed E-state index contributed by atoms with van der Waals surface area (Å²) in [5.41, 5.74) is 3.70. The molecule has 0 aromatic heterocycles. The molecule has 3 aliphatic carbocycles. The van der Waals surface area contributed by atoms with Gasteiger partial charge in [-0.25, -0.2) is 0 Å². The molecule has 0 unspecified atom stereocenters. The number of nitrogens with two attached hydrogens (primary N) is 1. The van der Waals surface area contributed by atoms with E-state index in [-0.39, 0.29) is 35.1 Å². The van der Waals surface area contributed by atoms with E-state index in [1.54, 1.807) is 20.2 Å². The van der Waals surface area contributed by atoms with Crippen LogP contribution in [0.25, 0.3) is 16.5 Å². The van der Waals surface area contributed by atoms with Gasteiger partial charge in [-0.2, -0.15) is 0 Å². The molecular formula is C31H36N2O7. The number of primary amides is 1. The lowest BCUT2D eigenvalue weighted by Crippen LogP contribution is -2.65. The number of carbonyl (C=O) groups excluding carboxylic acids is 3. The van der Waals surface area contributed by atoms with E-state index in [4.69, 9.17) is 5.73 Å². The van der Waals surface area contributed by atoms with Gasteiger partial charge in [0.25, 0.3) is 5.91 Å². The second-order valence-corrected chi connectivity index (χ2v) is 12.8. The minimum absolute atomic E-state index is 0.0657. The molecule has 0 bridgehead atoms. The second kappa shape index (κ2) is 9.17. The van der Waals surface area contributed by atoms with Crippen molar-refractivity contribution in [2.45, 2.75) is 58.1 Å². The quantitative estimate of drug-likeness (QED) is 0.364. The fourth-order valence-corrected chi connectivity index (χ4v) is 6.83. The van der Waals surface area contributed by atoms with Crippen LogP contribution in [0.1, 0.15) is 50.3 Å². The van der Waals surface area contributed by atoms with Crippen molar-refractivity contribution in [1.29, 1.82) is 0 Å². The van der Waals surface area contributed by atoms with Crippen LogP contribution in [0.2, 0.25) is 0 Å². The predicted octanol–water partition coefficient (Wildman–Crippen LogP) is 3.10. The van der Waals surface area contributed by atoms with Gasteiger partial charge in [-0.3, -0.25) is 19.3 Å². The zero-order valence-electron chi connectivity index (χ0n) is 23.4. The molecule has 0 aliphatic heterocycles. The summed E-state index contributed by atoms with van der Waals surface area (Å²) < 4.78 is 0. The Balaban J connectivity index is 1.70. The van der Waals surface area contributed by atoms with Gasteiger partial charge in [-0.15, -0.1) is 0 Å². The summed E-state index contributed by atoms with van der Waals surface area (Å²) in [6, 6.07) is 6.46. The number of Topliss-reactive ketones (excluding diaryl/α,β-unsaturated/α-hetero) is 2. The van der Waals surface area contributed by atoms with Crippen molar-refractivity contribution in [3.05, 3.63) is 57.9 Å². The number of phenolic OH excluding ortho intramolecular Hbond substituents is 1. The fourth-order valence-electron chi connectivity index (χ4n) is 6.83. The number of aliphatic hydroxyl groups is 3. The molecule has 4 atom stereocenters. The molecule has 5 rings (SSSR count). The van der Waals surface area contributed by atoms with Crippen molar-refractivity contribution in [3.63, 3.8) is 0 Å². The number of carbonyl (C=O) groups is 3. The van der Waals surface area contributed by atoms with Crippen molar-refractivity contribution in [3.8, 4) is 5.75 Å². The number of aliphatic hydroxyl groups excluding tert-OH is 2. The van der Waals surface area contributed by atoms with Crippen molar-refractivity contribution in [1.82, 2.24) is 4.90 Å². The third kappa shape index (κ3) is 3.94. The van der Waals surface area contributed by atoms with E-state index in [1.165, 1.54) is 4.90 Å². The Labute approximate surface area is 232 Å². The molecule has 3 aliphatic rings. The fraction of sp³-hybridized carbons (Fsp3) is 0.452. The van der Waals surface area contributed by atoms with Gasteiger partial charge in [0.15, 0.2) is 11.4 Å². The van der Waals surface area contributed by atoms with Crippen LogP contribution in [0.15, 0.2) is 41.2 Å². The van der Waals surface area contributed by atoms with Crippen LogP contribution in [0.4, 0.5) is 0 Å². The molecule has 0 radical (unpaired) electrons. The predicted molar refractivity (Wildman–Crippen MR) is 150 cm³/mol. The molecule has 9 nitrogen and oxygen atoms in total. The Morgan fingerprint density at radius 1 is 1.12 bits per heavy atom. The van der Waals surface area contributed by atoms with E-state index < -0.39 is 58.0 Å². The highest BCUT2D eigenvalue weighted by Crippen LogP contribution is 2.53. The van der Waals surface area contributed by atoms with Gasteiger partial charge in [0.05, 0.1) is 11.6 Å².